The highest BCUT2D eigenvalue weighted by Crippen LogP contribution is 2.14. The van der Waals surface area contributed by atoms with Gasteiger partial charge in [0.1, 0.15) is 0 Å². The predicted molar refractivity (Wildman–Crippen MR) is 64.6 cm³/mol. The molecular weight excluding hydrogens is 188 g/mol. The van der Waals surface area contributed by atoms with Crippen LogP contribution in [-0.2, 0) is 4.43 Å². The van der Waals surface area contributed by atoms with Gasteiger partial charge in [0.25, 0.3) is 0 Å². The minimum atomic E-state index is -1.19. The second kappa shape index (κ2) is 5.99. The van der Waals surface area contributed by atoms with Gasteiger partial charge in [-0.25, -0.2) is 0 Å². The second-order valence-corrected chi connectivity index (χ2v) is 6.65. The fourth-order valence-corrected chi connectivity index (χ4v) is 4.19. The number of hydrogen-bond acceptors (Lipinski definition) is 1. The summed E-state index contributed by atoms with van der Waals surface area (Å²) >= 11 is 0. The van der Waals surface area contributed by atoms with Crippen LogP contribution in [0.1, 0.15) is 27.2 Å². The SMILES string of the molecule is CCO[SiH](c1ccccc1)C(C)CC. The molecule has 0 N–H and O–H groups in total. The van der Waals surface area contributed by atoms with Crippen molar-refractivity contribution in [1.82, 2.24) is 0 Å². The molecule has 2 unspecified atom stereocenters. The molecule has 0 bridgehead atoms. The molecule has 0 spiro atoms. The van der Waals surface area contributed by atoms with Crippen molar-refractivity contribution in [2.24, 2.45) is 0 Å². The van der Waals surface area contributed by atoms with E-state index in [1.165, 1.54) is 11.6 Å². The van der Waals surface area contributed by atoms with Gasteiger partial charge >= 0.3 is 0 Å². The molecule has 1 aromatic carbocycles. The zero-order chi connectivity index (χ0) is 10.4. The summed E-state index contributed by atoms with van der Waals surface area (Å²) in [5.41, 5.74) is 0.720. The molecule has 78 valence electrons. The molecule has 0 aliphatic heterocycles. The van der Waals surface area contributed by atoms with Crippen molar-refractivity contribution in [3.63, 3.8) is 0 Å². The van der Waals surface area contributed by atoms with Crippen molar-refractivity contribution in [2.75, 3.05) is 6.61 Å². The Morgan fingerprint density at radius 2 is 1.86 bits per heavy atom. The molecule has 0 radical (unpaired) electrons. The summed E-state index contributed by atoms with van der Waals surface area (Å²) in [7, 11) is -1.19. The minimum Gasteiger partial charge on any atom is -0.415 e. The number of hydrogen-bond donors (Lipinski definition) is 0. The molecule has 0 aliphatic carbocycles. The standard InChI is InChI=1S/C12H20OSi/c1-4-11(3)14(13-5-2)12-9-7-6-8-10-12/h6-11,14H,4-5H2,1-3H3. The Morgan fingerprint density at radius 3 is 2.36 bits per heavy atom. The van der Waals surface area contributed by atoms with Gasteiger partial charge in [-0.1, -0.05) is 50.6 Å². The van der Waals surface area contributed by atoms with Crippen LogP contribution < -0.4 is 5.19 Å². The maximum absolute atomic E-state index is 5.92. The minimum absolute atomic E-state index is 0.720. The van der Waals surface area contributed by atoms with Gasteiger partial charge in [-0.05, 0) is 17.7 Å². The Bertz CT molecular complexity index is 248. The van der Waals surface area contributed by atoms with Crippen LogP contribution in [0.25, 0.3) is 0 Å². The van der Waals surface area contributed by atoms with Gasteiger partial charge in [-0.2, -0.15) is 0 Å². The molecule has 2 atom stereocenters. The van der Waals surface area contributed by atoms with E-state index >= 15 is 0 Å². The molecule has 1 nitrogen and oxygen atoms in total. The summed E-state index contributed by atoms with van der Waals surface area (Å²) in [6.45, 7) is 7.48. The highest BCUT2D eigenvalue weighted by atomic mass is 28.3. The normalized spacial score (nSPS) is 15.1. The van der Waals surface area contributed by atoms with Crippen molar-refractivity contribution in [3.05, 3.63) is 30.3 Å². The Kier molecular flexibility index (Phi) is 4.91. The summed E-state index contributed by atoms with van der Waals surface area (Å²) < 4.78 is 5.92. The van der Waals surface area contributed by atoms with Gasteiger partial charge in [0.05, 0.1) is 0 Å². The predicted octanol–water partition coefficient (Wildman–Crippen LogP) is 2.45. The maximum Gasteiger partial charge on any atom is 0.210 e. The van der Waals surface area contributed by atoms with Crippen LogP contribution in [0.2, 0.25) is 5.54 Å². The number of benzene rings is 1. The maximum atomic E-state index is 5.92. The Balaban J connectivity index is 2.77. The van der Waals surface area contributed by atoms with Crippen molar-refractivity contribution >= 4 is 14.2 Å². The van der Waals surface area contributed by atoms with E-state index in [0.717, 1.165) is 12.1 Å². The fourth-order valence-electron chi connectivity index (χ4n) is 1.63. The van der Waals surface area contributed by atoms with Gasteiger partial charge in [-0.15, -0.1) is 0 Å². The Labute approximate surface area is 88.8 Å². The van der Waals surface area contributed by atoms with E-state index in [4.69, 9.17) is 4.43 Å². The fraction of sp³-hybridized carbons (Fsp3) is 0.500. The average Bonchev–Trinajstić information content (AvgIpc) is 2.26. The summed E-state index contributed by atoms with van der Waals surface area (Å²) in [5, 5.41) is 1.43. The third-order valence-corrected chi connectivity index (χ3v) is 5.87. The summed E-state index contributed by atoms with van der Waals surface area (Å²) in [6, 6.07) is 10.7. The smallest absolute Gasteiger partial charge is 0.210 e. The van der Waals surface area contributed by atoms with Crippen LogP contribution >= 0.6 is 0 Å². The molecule has 0 saturated carbocycles. The largest absolute Gasteiger partial charge is 0.415 e. The number of rotatable bonds is 5. The lowest BCUT2D eigenvalue weighted by Crippen LogP contribution is -2.37. The first-order valence-corrected chi connectivity index (χ1v) is 7.17. The Hall–Kier alpha value is -0.603. The quantitative estimate of drug-likeness (QED) is 0.675. The van der Waals surface area contributed by atoms with Crippen LogP contribution in [0.15, 0.2) is 30.3 Å². The molecular formula is C12H20OSi. The van der Waals surface area contributed by atoms with E-state index in [-0.39, 0.29) is 0 Å². The summed E-state index contributed by atoms with van der Waals surface area (Å²) in [6.07, 6.45) is 1.21. The summed E-state index contributed by atoms with van der Waals surface area (Å²) in [4.78, 5) is 0. The van der Waals surface area contributed by atoms with E-state index in [1.54, 1.807) is 0 Å². The van der Waals surface area contributed by atoms with E-state index in [0.29, 0.717) is 0 Å². The molecule has 0 saturated heterocycles. The lowest BCUT2D eigenvalue weighted by molar-refractivity contribution is 0.342. The topological polar surface area (TPSA) is 9.23 Å². The summed E-state index contributed by atoms with van der Waals surface area (Å²) in [5.74, 6) is 0. The first-order valence-electron chi connectivity index (χ1n) is 5.46. The second-order valence-electron chi connectivity index (χ2n) is 3.67. The third kappa shape index (κ3) is 2.96. The zero-order valence-electron chi connectivity index (χ0n) is 9.36. The van der Waals surface area contributed by atoms with E-state index in [1.807, 2.05) is 0 Å². The van der Waals surface area contributed by atoms with E-state index < -0.39 is 9.04 Å². The highest BCUT2D eigenvalue weighted by Gasteiger charge is 2.20. The molecule has 0 fully saturated rings. The monoisotopic (exact) mass is 208 g/mol. The third-order valence-electron chi connectivity index (χ3n) is 2.64. The van der Waals surface area contributed by atoms with Crippen molar-refractivity contribution in [2.45, 2.75) is 32.7 Å². The molecule has 0 aliphatic rings. The molecule has 14 heavy (non-hydrogen) atoms. The molecule has 2 heteroatoms. The van der Waals surface area contributed by atoms with Gasteiger partial charge in [-0.3, -0.25) is 0 Å². The molecule has 1 aromatic rings. The van der Waals surface area contributed by atoms with Gasteiger partial charge in [0.15, 0.2) is 0 Å². The van der Waals surface area contributed by atoms with Crippen LogP contribution in [-0.4, -0.2) is 15.6 Å². The first kappa shape index (κ1) is 11.5. The van der Waals surface area contributed by atoms with Crippen molar-refractivity contribution in [3.8, 4) is 0 Å². The van der Waals surface area contributed by atoms with Crippen LogP contribution in [0.3, 0.4) is 0 Å². The van der Waals surface area contributed by atoms with Crippen LogP contribution in [0, 0.1) is 0 Å². The first-order chi connectivity index (χ1) is 6.79. The van der Waals surface area contributed by atoms with Crippen molar-refractivity contribution in [1.29, 1.82) is 0 Å². The molecule has 0 aromatic heterocycles. The average molecular weight is 208 g/mol. The van der Waals surface area contributed by atoms with Crippen molar-refractivity contribution < 1.29 is 4.43 Å². The zero-order valence-corrected chi connectivity index (χ0v) is 10.5. The molecule has 0 heterocycles. The molecule has 0 amide bonds. The highest BCUT2D eigenvalue weighted by molar-refractivity contribution is 6.68. The molecule has 1 rings (SSSR count). The lowest BCUT2D eigenvalue weighted by Gasteiger charge is -2.21. The van der Waals surface area contributed by atoms with Gasteiger partial charge in [0.2, 0.25) is 9.04 Å². The van der Waals surface area contributed by atoms with Crippen LogP contribution in [0.5, 0.6) is 0 Å². The lowest BCUT2D eigenvalue weighted by atomic mass is 10.4. The van der Waals surface area contributed by atoms with E-state index in [2.05, 4.69) is 51.1 Å². The van der Waals surface area contributed by atoms with Gasteiger partial charge in [0, 0.05) is 6.61 Å². The van der Waals surface area contributed by atoms with Crippen LogP contribution in [0.4, 0.5) is 0 Å². The van der Waals surface area contributed by atoms with E-state index in [9.17, 15) is 0 Å². The Morgan fingerprint density at radius 1 is 1.21 bits per heavy atom. The van der Waals surface area contributed by atoms with Gasteiger partial charge < -0.3 is 4.43 Å².